The predicted molar refractivity (Wildman–Crippen MR) is 134 cm³/mol. The highest BCUT2D eigenvalue weighted by atomic mass is 32.2. The second-order valence-corrected chi connectivity index (χ2v) is 10.8. The number of hydrogen-bond donors (Lipinski definition) is 1. The third-order valence-corrected chi connectivity index (χ3v) is 8.27. The summed E-state index contributed by atoms with van der Waals surface area (Å²) < 4.78 is 31.0. The number of para-hydroxylation sites is 2. The molecule has 0 bridgehead atoms. The zero-order chi connectivity index (χ0) is 24.3. The average molecular weight is 485 g/mol. The summed E-state index contributed by atoms with van der Waals surface area (Å²) in [7, 11) is -3.59. The highest BCUT2D eigenvalue weighted by molar-refractivity contribution is 7.89. The molecule has 9 heteroatoms. The second-order valence-electron chi connectivity index (χ2n) is 8.81. The Kier molecular flexibility index (Phi) is 7.23. The Morgan fingerprint density at radius 2 is 1.62 bits per heavy atom. The Hall–Kier alpha value is -2.91. The molecule has 3 aromatic rings. The molecule has 0 aliphatic carbocycles. The van der Waals surface area contributed by atoms with Crippen molar-refractivity contribution in [3.63, 3.8) is 0 Å². The Morgan fingerprint density at radius 3 is 2.26 bits per heavy atom. The van der Waals surface area contributed by atoms with Crippen LogP contribution in [-0.4, -0.2) is 40.9 Å². The monoisotopic (exact) mass is 484 g/mol. The van der Waals surface area contributed by atoms with E-state index < -0.39 is 10.0 Å². The van der Waals surface area contributed by atoms with Gasteiger partial charge in [-0.15, -0.1) is 0 Å². The predicted octanol–water partition coefficient (Wildman–Crippen LogP) is 3.72. The molecule has 1 aromatic heterocycles. The molecule has 2 heterocycles. The van der Waals surface area contributed by atoms with Crippen molar-refractivity contribution < 1.29 is 13.2 Å². The number of sulfonamides is 1. The Morgan fingerprint density at radius 1 is 0.971 bits per heavy atom. The van der Waals surface area contributed by atoms with E-state index in [0.29, 0.717) is 25.3 Å². The van der Waals surface area contributed by atoms with Gasteiger partial charge in [0.05, 0.1) is 15.9 Å². The summed E-state index contributed by atoms with van der Waals surface area (Å²) in [6, 6.07) is 12.4. The first-order chi connectivity index (χ1) is 16.3. The van der Waals surface area contributed by atoms with Crippen molar-refractivity contribution in [2.24, 2.45) is 0 Å². The molecule has 182 valence electrons. The van der Waals surface area contributed by atoms with Gasteiger partial charge in [-0.25, -0.2) is 13.2 Å². The highest BCUT2D eigenvalue weighted by Gasteiger charge is 2.26. The van der Waals surface area contributed by atoms with Crippen molar-refractivity contribution in [2.75, 3.05) is 18.4 Å². The molecule has 0 unspecified atom stereocenters. The zero-order valence-electron chi connectivity index (χ0n) is 19.8. The molecule has 0 saturated carbocycles. The van der Waals surface area contributed by atoms with Crippen LogP contribution >= 0.6 is 0 Å². The molecule has 1 aliphatic heterocycles. The lowest BCUT2D eigenvalue weighted by Crippen LogP contribution is -2.35. The van der Waals surface area contributed by atoms with E-state index in [0.717, 1.165) is 42.3 Å². The van der Waals surface area contributed by atoms with Crippen LogP contribution < -0.4 is 11.0 Å². The summed E-state index contributed by atoms with van der Waals surface area (Å²) in [4.78, 5) is 25.9. The standard InChI is InChI=1S/C25H32N4O4S/c1-3-14-28-22-9-5-6-10-23(22)29(25(28)31)17-13-24(30)26-21-18-20(12-11-19(21)2)34(32,33)27-15-7-4-8-16-27/h5-6,9-12,18H,3-4,7-8,13-17H2,1-2H3,(H,26,30). The van der Waals surface area contributed by atoms with Gasteiger partial charge in [-0.05, 0) is 56.0 Å². The van der Waals surface area contributed by atoms with Gasteiger partial charge in [0.1, 0.15) is 0 Å². The van der Waals surface area contributed by atoms with Crippen LogP contribution in [0.3, 0.4) is 0 Å². The first kappa shape index (κ1) is 24.2. The van der Waals surface area contributed by atoms with E-state index in [1.165, 1.54) is 10.4 Å². The number of amides is 1. The molecular weight excluding hydrogens is 452 g/mol. The molecule has 0 spiro atoms. The minimum Gasteiger partial charge on any atom is -0.326 e. The van der Waals surface area contributed by atoms with Gasteiger partial charge in [0.2, 0.25) is 15.9 Å². The van der Waals surface area contributed by atoms with Crippen molar-refractivity contribution in [1.29, 1.82) is 0 Å². The Labute approximate surface area is 200 Å². The normalized spacial score (nSPS) is 15.0. The van der Waals surface area contributed by atoms with Crippen LogP contribution in [-0.2, 0) is 27.9 Å². The summed E-state index contributed by atoms with van der Waals surface area (Å²) in [6.07, 6.45) is 3.71. The topological polar surface area (TPSA) is 93.4 Å². The number of aromatic nitrogens is 2. The van der Waals surface area contributed by atoms with Crippen molar-refractivity contribution in [3.8, 4) is 0 Å². The fourth-order valence-electron chi connectivity index (χ4n) is 4.50. The number of fused-ring (bicyclic) bond motifs is 1. The molecule has 0 atom stereocenters. The van der Waals surface area contributed by atoms with Gasteiger partial charge in [0.15, 0.2) is 0 Å². The number of piperidine rings is 1. The highest BCUT2D eigenvalue weighted by Crippen LogP contribution is 2.25. The number of carbonyl (C=O) groups excluding carboxylic acids is 1. The number of carbonyl (C=O) groups is 1. The molecule has 34 heavy (non-hydrogen) atoms. The van der Waals surface area contributed by atoms with Gasteiger partial charge < -0.3 is 5.32 Å². The summed E-state index contributed by atoms with van der Waals surface area (Å²) in [5.74, 6) is -0.269. The van der Waals surface area contributed by atoms with E-state index in [2.05, 4.69) is 5.32 Å². The van der Waals surface area contributed by atoms with Crippen LogP contribution in [0.1, 0.15) is 44.6 Å². The number of nitrogens with zero attached hydrogens (tertiary/aromatic N) is 3. The molecule has 0 radical (unpaired) electrons. The van der Waals surface area contributed by atoms with E-state index in [9.17, 15) is 18.0 Å². The van der Waals surface area contributed by atoms with E-state index in [4.69, 9.17) is 0 Å². The number of anilines is 1. The number of hydrogen-bond acceptors (Lipinski definition) is 4. The van der Waals surface area contributed by atoms with E-state index in [1.54, 1.807) is 21.3 Å². The van der Waals surface area contributed by atoms with Crippen LogP contribution in [0.4, 0.5) is 5.69 Å². The van der Waals surface area contributed by atoms with Crippen molar-refractivity contribution in [1.82, 2.24) is 13.4 Å². The number of nitrogens with one attached hydrogen (secondary N) is 1. The van der Waals surface area contributed by atoms with Crippen molar-refractivity contribution in [2.45, 2.75) is 63.9 Å². The second kappa shape index (κ2) is 10.1. The van der Waals surface area contributed by atoms with Gasteiger partial charge in [-0.1, -0.05) is 31.5 Å². The minimum atomic E-state index is -3.59. The van der Waals surface area contributed by atoms with Gasteiger partial charge in [-0.3, -0.25) is 13.9 Å². The van der Waals surface area contributed by atoms with Crippen LogP contribution in [0.15, 0.2) is 52.2 Å². The zero-order valence-corrected chi connectivity index (χ0v) is 20.6. The fourth-order valence-corrected chi connectivity index (χ4v) is 6.05. The average Bonchev–Trinajstić information content (AvgIpc) is 3.10. The fraction of sp³-hybridized carbons (Fsp3) is 0.440. The van der Waals surface area contributed by atoms with Crippen LogP contribution in [0.2, 0.25) is 0 Å². The van der Waals surface area contributed by atoms with Gasteiger partial charge in [0, 0.05) is 38.3 Å². The molecule has 2 aromatic carbocycles. The lowest BCUT2D eigenvalue weighted by Gasteiger charge is -2.26. The third-order valence-electron chi connectivity index (χ3n) is 6.37. The molecular formula is C25H32N4O4S. The lowest BCUT2D eigenvalue weighted by atomic mass is 10.2. The van der Waals surface area contributed by atoms with E-state index >= 15 is 0 Å². The lowest BCUT2D eigenvalue weighted by molar-refractivity contribution is -0.116. The number of benzene rings is 2. The van der Waals surface area contributed by atoms with Crippen LogP contribution in [0.5, 0.6) is 0 Å². The summed E-state index contributed by atoms with van der Waals surface area (Å²) in [5, 5.41) is 2.85. The maximum atomic E-state index is 13.0. The van der Waals surface area contributed by atoms with E-state index in [1.807, 2.05) is 38.1 Å². The molecule has 1 N–H and O–H groups in total. The third kappa shape index (κ3) is 4.81. The largest absolute Gasteiger partial charge is 0.329 e. The van der Waals surface area contributed by atoms with Gasteiger partial charge in [-0.2, -0.15) is 4.31 Å². The van der Waals surface area contributed by atoms with E-state index in [-0.39, 0.29) is 29.5 Å². The molecule has 8 nitrogen and oxygen atoms in total. The molecule has 1 fully saturated rings. The van der Waals surface area contributed by atoms with Crippen molar-refractivity contribution >= 4 is 32.7 Å². The number of aryl methyl sites for hydroxylation is 3. The summed E-state index contributed by atoms with van der Waals surface area (Å²) in [6.45, 7) is 5.77. The molecule has 1 amide bonds. The smallest absolute Gasteiger partial charge is 0.326 e. The van der Waals surface area contributed by atoms with Crippen LogP contribution in [0.25, 0.3) is 11.0 Å². The van der Waals surface area contributed by atoms with Gasteiger partial charge in [0.25, 0.3) is 0 Å². The first-order valence-electron chi connectivity index (χ1n) is 11.9. The number of rotatable bonds is 8. The molecule has 4 rings (SSSR count). The Balaban J connectivity index is 1.51. The minimum absolute atomic E-state index is 0.0998. The maximum absolute atomic E-state index is 13.0. The number of imidazole rings is 1. The Bertz CT molecular complexity index is 1350. The first-order valence-corrected chi connectivity index (χ1v) is 13.4. The van der Waals surface area contributed by atoms with Gasteiger partial charge >= 0.3 is 5.69 Å². The SMILES string of the molecule is CCCn1c(=O)n(CCC(=O)Nc2cc(S(=O)(=O)N3CCCCC3)ccc2C)c2ccccc21. The molecule has 1 aliphatic rings. The molecule has 1 saturated heterocycles. The maximum Gasteiger partial charge on any atom is 0.329 e. The van der Waals surface area contributed by atoms with Crippen molar-refractivity contribution in [3.05, 3.63) is 58.5 Å². The van der Waals surface area contributed by atoms with Crippen LogP contribution in [0, 0.1) is 6.92 Å². The quantitative estimate of drug-likeness (QED) is 0.527. The summed E-state index contributed by atoms with van der Waals surface area (Å²) in [5.41, 5.74) is 2.80. The summed E-state index contributed by atoms with van der Waals surface area (Å²) >= 11 is 0.